The van der Waals surface area contributed by atoms with E-state index in [4.69, 9.17) is 10.5 Å². The van der Waals surface area contributed by atoms with E-state index in [0.717, 1.165) is 5.56 Å². The third kappa shape index (κ3) is 8.94. The highest BCUT2D eigenvalue weighted by molar-refractivity contribution is 7.98. The van der Waals surface area contributed by atoms with Gasteiger partial charge in [-0.3, -0.25) is 4.79 Å². The first-order valence-corrected chi connectivity index (χ1v) is 9.04. The molecule has 9 heteroatoms. The maximum atomic E-state index is 12.8. The molecule has 0 saturated carbocycles. The zero-order valence-corrected chi connectivity index (χ0v) is 14.7. The van der Waals surface area contributed by atoms with Crippen LogP contribution >= 0.6 is 11.8 Å². The number of nitrogens with one attached hydrogen (secondary N) is 2. The normalized spacial score (nSPS) is 11.4. The van der Waals surface area contributed by atoms with E-state index < -0.39 is 30.6 Å². The quantitative estimate of drug-likeness (QED) is 0.527. The molecule has 0 bridgehead atoms. The molecule has 7 nitrogen and oxygen atoms in total. The average Bonchev–Trinajstić information content (AvgIpc) is 2.58. The fourth-order valence-corrected chi connectivity index (χ4v) is 2.41. The number of hydrogen-bond donors (Lipinski definition) is 3. The topological polar surface area (TPSA) is 111 Å². The van der Waals surface area contributed by atoms with Crippen LogP contribution in [0.3, 0.4) is 0 Å². The van der Waals surface area contributed by atoms with Gasteiger partial charge in [-0.15, -0.1) is 0 Å². The molecule has 0 spiro atoms. The molecule has 0 aliphatic heterocycles. The van der Waals surface area contributed by atoms with Gasteiger partial charge >= 0.3 is 12.0 Å². The number of rotatable bonds is 10. The Morgan fingerprint density at radius 3 is 2.56 bits per heavy atom. The third-order valence-electron chi connectivity index (χ3n) is 3.21. The fourth-order valence-electron chi connectivity index (χ4n) is 1.94. The SMILES string of the molecule is CSCC[C@H](NC(N)=O)C(=O)OCC(=O)NCCc1ccc(F)cc1. The minimum absolute atomic E-state index is 0.319. The van der Waals surface area contributed by atoms with Gasteiger partial charge in [0.05, 0.1) is 0 Å². The first kappa shape index (κ1) is 20.8. The Hall–Kier alpha value is -2.29. The molecule has 1 aromatic carbocycles. The van der Waals surface area contributed by atoms with Crippen LogP contribution in [0.2, 0.25) is 0 Å². The first-order valence-electron chi connectivity index (χ1n) is 7.65. The first-order chi connectivity index (χ1) is 11.9. The molecule has 0 aromatic heterocycles. The number of primary amides is 1. The highest BCUT2D eigenvalue weighted by Crippen LogP contribution is 2.04. The number of benzene rings is 1. The molecular weight excluding hydrogens is 349 g/mol. The highest BCUT2D eigenvalue weighted by Gasteiger charge is 2.21. The average molecular weight is 371 g/mol. The van der Waals surface area contributed by atoms with Crippen LogP contribution < -0.4 is 16.4 Å². The second-order valence-corrected chi connectivity index (χ2v) is 6.16. The number of thioether (sulfide) groups is 1. The molecule has 0 aliphatic rings. The Kier molecular flexibility index (Phi) is 9.38. The zero-order chi connectivity index (χ0) is 18.7. The van der Waals surface area contributed by atoms with E-state index in [9.17, 15) is 18.8 Å². The number of amides is 3. The lowest BCUT2D eigenvalue weighted by atomic mass is 10.1. The van der Waals surface area contributed by atoms with Gasteiger partial charge < -0.3 is 21.1 Å². The fraction of sp³-hybridized carbons (Fsp3) is 0.438. The molecule has 1 rings (SSSR count). The number of carbonyl (C=O) groups is 3. The lowest BCUT2D eigenvalue weighted by molar-refractivity contribution is -0.150. The molecule has 0 radical (unpaired) electrons. The molecule has 0 fully saturated rings. The summed E-state index contributed by atoms with van der Waals surface area (Å²) >= 11 is 1.51. The molecule has 4 N–H and O–H groups in total. The van der Waals surface area contributed by atoms with Crippen LogP contribution in [0.25, 0.3) is 0 Å². The standard InChI is InChI=1S/C16H22FN3O4S/c1-25-9-7-13(20-16(18)23)15(22)24-10-14(21)19-8-6-11-2-4-12(17)5-3-11/h2-5,13H,6-10H2,1H3,(H,19,21)(H3,18,20,23)/t13-/m0/s1. The minimum Gasteiger partial charge on any atom is -0.454 e. The van der Waals surface area contributed by atoms with Crippen LogP contribution in [0.4, 0.5) is 9.18 Å². The van der Waals surface area contributed by atoms with Crippen LogP contribution in [-0.4, -0.2) is 49.1 Å². The van der Waals surface area contributed by atoms with Crippen molar-refractivity contribution in [3.63, 3.8) is 0 Å². The summed E-state index contributed by atoms with van der Waals surface area (Å²) in [6.45, 7) is -0.115. The van der Waals surface area contributed by atoms with E-state index in [1.165, 1.54) is 23.9 Å². The van der Waals surface area contributed by atoms with E-state index in [1.54, 1.807) is 12.1 Å². The number of urea groups is 1. The zero-order valence-electron chi connectivity index (χ0n) is 13.9. The van der Waals surface area contributed by atoms with Gasteiger partial charge in [0.25, 0.3) is 5.91 Å². The predicted octanol–water partition coefficient (Wildman–Crippen LogP) is 0.818. The van der Waals surface area contributed by atoms with Crippen molar-refractivity contribution in [1.82, 2.24) is 10.6 Å². The van der Waals surface area contributed by atoms with Crippen molar-refractivity contribution in [2.75, 3.05) is 25.2 Å². The van der Waals surface area contributed by atoms with Gasteiger partial charge in [0.1, 0.15) is 11.9 Å². The van der Waals surface area contributed by atoms with Crippen molar-refractivity contribution in [3.05, 3.63) is 35.6 Å². The molecule has 1 aromatic rings. The Balaban J connectivity index is 2.31. The number of halogens is 1. The number of carbonyl (C=O) groups excluding carboxylic acids is 3. The van der Waals surface area contributed by atoms with Gasteiger partial charge in [-0.2, -0.15) is 11.8 Å². The molecule has 0 aliphatic carbocycles. The third-order valence-corrected chi connectivity index (χ3v) is 3.85. The summed E-state index contributed by atoms with van der Waals surface area (Å²) in [6, 6.07) is 4.25. The van der Waals surface area contributed by atoms with E-state index in [0.29, 0.717) is 25.1 Å². The van der Waals surface area contributed by atoms with Gasteiger partial charge in [-0.1, -0.05) is 12.1 Å². The minimum atomic E-state index is -0.878. The van der Waals surface area contributed by atoms with Crippen molar-refractivity contribution >= 4 is 29.7 Å². The molecule has 3 amide bonds. The highest BCUT2D eigenvalue weighted by atomic mass is 32.2. The predicted molar refractivity (Wildman–Crippen MR) is 93.6 cm³/mol. The van der Waals surface area contributed by atoms with E-state index in [1.807, 2.05) is 6.26 Å². The summed E-state index contributed by atoms with van der Waals surface area (Å²) in [4.78, 5) is 34.5. The van der Waals surface area contributed by atoms with Gasteiger partial charge in [-0.05, 0) is 42.5 Å². The summed E-state index contributed by atoms with van der Waals surface area (Å²) in [6.07, 6.45) is 2.75. The van der Waals surface area contributed by atoms with Crippen LogP contribution in [0.5, 0.6) is 0 Å². The van der Waals surface area contributed by atoms with Gasteiger partial charge in [0.2, 0.25) is 0 Å². The van der Waals surface area contributed by atoms with Crippen molar-refractivity contribution in [1.29, 1.82) is 0 Å². The number of esters is 1. The molecular formula is C16H22FN3O4S. The van der Waals surface area contributed by atoms with E-state index in [-0.39, 0.29) is 5.82 Å². The molecule has 25 heavy (non-hydrogen) atoms. The van der Waals surface area contributed by atoms with E-state index >= 15 is 0 Å². The number of ether oxygens (including phenoxy) is 1. The summed E-state index contributed by atoms with van der Waals surface area (Å²) in [5.74, 6) is -0.857. The maximum absolute atomic E-state index is 12.8. The Bertz CT molecular complexity index is 583. The monoisotopic (exact) mass is 371 g/mol. The lowest BCUT2D eigenvalue weighted by Crippen LogP contribution is -2.45. The van der Waals surface area contributed by atoms with Gasteiger partial charge in [0.15, 0.2) is 6.61 Å². The van der Waals surface area contributed by atoms with Crippen molar-refractivity contribution < 1.29 is 23.5 Å². The molecule has 0 unspecified atom stereocenters. The second-order valence-electron chi connectivity index (χ2n) is 5.18. The molecule has 0 heterocycles. The molecule has 1 atom stereocenters. The van der Waals surface area contributed by atoms with Crippen molar-refractivity contribution in [2.24, 2.45) is 5.73 Å². The van der Waals surface area contributed by atoms with E-state index in [2.05, 4.69) is 10.6 Å². The lowest BCUT2D eigenvalue weighted by Gasteiger charge is -2.15. The largest absolute Gasteiger partial charge is 0.454 e. The van der Waals surface area contributed by atoms with Crippen LogP contribution in [0.1, 0.15) is 12.0 Å². The summed E-state index contributed by atoms with van der Waals surface area (Å²) in [7, 11) is 0. The number of nitrogens with two attached hydrogens (primary N) is 1. The Morgan fingerprint density at radius 1 is 1.28 bits per heavy atom. The van der Waals surface area contributed by atoms with Crippen LogP contribution in [0, 0.1) is 5.82 Å². The summed E-state index contributed by atoms with van der Waals surface area (Å²) < 4.78 is 17.7. The maximum Gasteiger partial charge on any atom is 0.329 e. The van der Waals surface area contributed by atoms with Crippen molar-refractivity contribution in [3.8, 4) is 0 Å². The van der Waals surface area contributed by atoms with Crippen LogP contribution in [0.15, 0.2) is 24.3 Å². The molecule has 0 saturated heterocycles. The van der Waals surface area contributed by atoms with Gasteiger partial charge in [-0.25, -0.2) is 14.0 Å². The molecule has 138 valence electrons. The van der Waals surface area contributed by atoms with Crippen molar-refractivity contribution in [2.45, 2.75) is 18.9 Å². The summed E-state index contributed by atoms with van der Waals surface area (Å²) in [5, 5.41) is 4.89. The Morgan fingerprint density at radius 2 is 1.96 bits per heavy atom. The summed E-state index contributed by atoms with van der Waals surface area (Å²) in [5.41, 5.74) is 5.90. The number of hydrogen-bond acceptors (Lipinski definition) is 5. The second kappa shape index (κ2) is 11.3. The van der Waals surface area contributed by atoms with Gasteiger partial charge in [0, 0.05) is 6.54 Å². The smallest absolute Gasteiger partial charge is 0.329 e. The Labute approximate surface area is 149 Å². The van der Waals surface area contributed by atoms with Crippen LogP contribution in [-0.2, 0) is 20.7 Å².